The highest BCUT2D eigenvalue weighted by Gasteiger charge is 2.12. The highest BCUT2D eigenvalue weighted by molar-refractivity contribution is 5.40. The molecule has 5 heteroatoms. The second kappa shape index (κ2) is 4.44. The van der Waals surface area contributed by atoms with Gasteiger partial charge in [0.15, 0.2) is 0 Å². The Hall–Kier alpha value is -1.36. The zero-order chi connectivity index (χ0) is 11.5. The van der Waals surface area contributed by atoms with Crippen LogP contribution in [0.4, 0.5) is 11.8 Å². The first kappa shape index (κ1) is 11.7. The predicted molar refractivity (Wildman–Crippen MR) is 61.1 cm³/mol. The first-order valence-corrected chi connectivity index (χ1v) is 4.85. The topological polar surface area (TPSA) is 61.3 Å². The van der Waals surface area contributed by atoms with Gasteiger partial charge in [0, 0.05) is 26.8 Å². The first-order valence-electron chi connectivity index (χ1n) is 4.85. The third kappa shape index (κ3) is 4.12. The maximum absolute atomic E-state index is 9.54. The van der Waals surface area contributed by atoms with Gasteiger partial charge < -0.3 is 15.3 Å². The number of aromatic nitrogens is 2. The van der Waals surface area contributed by atoms with E-state index in [0.29, 0.717) is 12.5 Å². The first-order chi connectivity index (χ1) is 6.88. The Labute approximate surface area is 90.2 Å². The van der Waals surface area contributed by atoms with Crippen LogP contribution < -0.4 is 10.2 Å². The van der Waals surface area contributed by atoms with Crippen LogP contribution >= 0.6 is 0 Å². The van der Waals surface area contributed by atoms with Crippen molar-refractivity contribution >= 4 is 11.8 Å². The highest BCUT2D eigenvalue weighted by atomic mass is 16.3. The van der Waals surface area contributed by atoms with Crippen LogP contribution in [0.5, 0.6) is 0 Å². The normalized spacial score (nSPS) is 11.3. The molecule has 0 atom stereocenters. The van der Waals surface area contributed by atoms with Gasteiger partial charge >= 0.3 is 0 Å². The highest BCUT2D eigenvalue weighted by Crippen LogP contribution is 2.09. The van der Waals surface area contributed by atoms with Crippen molar-refractivity contribution in [1.82, 2.24) is 9.97 Å². The monoisotopic (exact) mass is 210 g/mol. The molecule has 0 saturated heterocycles. The molecule has 0 radical (unpaired) electrons. The van der Waals surface area contributed by atoms with Crippen molar-refractivity contribution in [2.24, 2.45) is 0 Å². The predicted octanol–water partition coefficient (Wildman–Crippen LogP) is 0.725. The van der Waals surface area contributed by atoms with Gasteiger partial charge in [-0.2, -0.15) is 4.98 Å². The lowest BCUT2D eigenvalue weighted by molar-refractivity contribution is 0.0944. The lowest BCUT2D eigenvalue weighted by atomic mass is 10.1. The molecular weight excluding hydrogens is 192 g/mol. The van der Waals surface area contributed by atoms with E-state index >= 15 is 0 Å². The molecule has 1 rings (SSSR count). The quantitative estimate of drug-likeness (QED) is 0.767. The molecule has 1 heterocycles. The lowest BCUT2D eigenvalue weighted by Crippen LogP contribution is -2.29. The van der Waals surface area contributed by atoms with Crippen LogP contribution in [0.25, 0.3) is 0 Å². The van der Waals surface area contributed by atoms with E-state index in [2.05, 4.69) is 15.3 Å². The maximum atomic E-state index is 9.54. The van der Waals surface area contributed by atoms with Crippen LogP contribution in [0.15, 0.2) is 12.3 Å². The van der Waals surface area contributed by atoms with Crippen LogP contribution in [-0.2, 0) is 0 Å². The summed E-state index contributed by atoms with van der Waals surface area (Å²) in [6, 6.07) is 1.78. The number of anilines is 2. The third-order valence-electron chi connectivity index (χ3n) is 1.74. The minimum Gasteiger partial charge on any atom is -0.389 e. The van der Waals surface area contributed by atoms with Crippen molar-refractivity contribution in [3.8, 4) is 0 Å². The molecule has 0 aliphatic carbocycles. The van der Waals surface area contributed by atoms with Crippen molar-refractivity contribution < 1.29 is 5.11 Å². The Morgan fingerprint density at radius 3 is 2.67 bits per heavy atom. The van der Waals surface area contributed by atoms with E-state index in [0.717, 1.165) is 5.82 Å². The summed E-state index contributed by atoms with van der Waals surface area (Å²) in [6.45, 7) is 3.94. The van der Waals surface area contributed by atoms with Gasteiger partial charge in [0.2, 0.25) is 5.95 Å². The minimum atomic E-state index is -0.747. The van der Waals surface area contributed by atoms with Crippen LogP contribution in [0.3, 0.4) is 0 Å². The molecule has 0 aliphatic heterocycles. The molecule has 5 nitrogen and oxygen atoms in total. The van der Waals surface area contributed by atoms with Gasteiger partial charge in [-0.05, 0) is 19.9 Å². The summed E-state index contributed by atoms with van der Waals surface area (Å²) in [5, 5.41) is 12.6. The van der Waals surface area contributed by atoms with E-state index in [1.807, 2.05) is 19.0 Å². The molecule has 0 aliphatic rings. The number of nitrogens with zero attached hydrogens (tertiary/aromatic N) is 3. The molecule has 84 valence electrons. The molecule has 1 aromatic heterocycles. The van der Waals surface area contributed by atoms with Crippen molar-refractivity contribution in [3.63, 3.8) is 0 Å². The second-order valence-electron chi connectivity index (χ2n) is 4.30. The summed E-state index contributed by atoms with van der Waals surface area (Å²) < 4.78 is 0. The molecule has 0 bridgehead atoms. The molecule has 2 N–H and O–H groups in total. The minimum absolute atomic E-state index is 0.455. The molecule has 0 saturated carbocycles. The average Bonchev–Trinajstić information content (AvgIpc) is 2.14. The molecule has 0 amide bonds. The van der Waals surface area contributed by atoms with Crippen LogP contribution in [-0.4, -0.2) is 41.3 Å². The van der Waals surface area contributed by atoms with Crippen molar-refractivity contribution in [2.75, 3.05) is 30.9 Å². The van der Waals surface area contributed by atoms with E-state index in [-0.39, 0.29) is 0 Å². The molecule has 0 unspecified atom stereocenters. The van der Waals surface area contributed by atoms with Crippen LogP contribution in [0, 0.1) is 0 Å². The summed E-state index contributed by atoms with van der Waals surface area (Å²) in [4.78, 5) is 10.2. The molecular formula is C10H18N4O. The van der Waals surface area contributed by atoms with Gasteiger partial charge in [0.1, 0.15) is 5.82 Å². The Morgan fingerprint density at radius 2 is 2.13 bits per heavy atom. The van der Waals surface area contributed by atoms with Crippen molar-refractivity contribution in [1.29, 1.82) is 0 Å². The zero-order valence-corrected chi connectivity index (χ0v) is 9.65. The number of nitrogens with one attached hydrogen (secondary N) is 1. The Bertz CT molecular complexity index is 319. The lowest BCUT2D eigenvalue weighted by Gasteiger charge is -2.18. The average molecular weight is 210 g/mol. The van der Waals surface area contributed by atoms with Crippen LogP contribution in [0.2, 0.25) is 0 Å². The van der Waals surface area contributed by atoms with Crippen molar-refractivity contribution in [2.45, 2.75) is 19.4 Å². The smallest absolute Gasteiger partial charge is 0.226 e. The van der Waals surface area contributed by atoms with Crippen molar-refractivity contribution in [3.05, 3.63) is 12.3 Å². The van der Waals surface area contributed by atoms with Gasteiger partial charge in [0.25, 0.3) is 0 Å². The summed E-state index contributed by atoms with van der Waals surface area (Å²) in [5.41, 5.74) is -0.747. The summed E-state index contributed by atoms with van der Waals surface area (Å²) >= 11 is 0. The summed E-state index contributed by atoms with van der Waals surface area (Å²) in [6.07, 6.45) is 1.69. The molecule has 0 spiro atoms. The summed E-state index contributed by atoms with van der Waals surface area (Å²) in [5.74, 6) is 1.37. The Morgan fingerprint density at radius 1 is 1.47 bits per heavy atom. The fourth-order valence-corrected chi connectivity index (χ4v) is 0.969. The van der Waals surface area contributed by atoms with Gasteiger partial charge in [-0.15, -0.1) is 0 Å². The number of rotatable bonds is 4. The van der Waals surface area contributed by atoms with E-state index in [9.17, 15) is 5.11 Å². The Kier molecular flexibility index (Phi) is 3.47. The van der Waals surface area contributed by atoms with E-state index in [1.54, 1.807) is 26.1 Å². The third-order valence-corrected chi connectivity index (χ3v) is 1.74. The SMILES string of the molecule is CN(C)c1nccc(NCC(C)(C)O)n1. The zero-order valence-electron chi connectivity index (χ0n) is 9.65. The second-order valence-corrected chi connectivity index (χ2v) is 4.30. The van der Waals surface area contributed by atoms with E-state index in [1.165, 1.54) is 0 Å². The molecule has 1 aromatic rings. The molecule has 15 heavy (non-hydrogen) atoms. The van der Waals surface area contributed by atoms with Crippen LogP contribution in [0.1, 0.15) is 13.8 Å². The van der Waals surface area contributed by atoms with Gasteiger partial charge in [-0.3, -0.25) is 0 Å². The molecule has 0 fully saturated rings. The largest absolute Gasteiger partial charge is 0.389 e. The fraction of sp³-hybridized carbons (Fsp3) is 0.600. The summed E-state index contributed by atoms with van der Waals surface area (Å²) in [7, 11) is 3.77. The maximum Gasteiger partial charge on any atom is 0.226 e. The fourth-order valence-electron chi connectivity index (χ4n) is 0.969. The van der Waals surface area contributed by atoms with Gasteiger partial charge in [-0.25, -0.2) is 4.98 Å². The standard InChI is InChI=1S/C10H18N4O/c1-10(2,15)7-12-8-5-6-11-9(13-8)14(3)4/h5-6,15H,7H2,1-4H3,(H,11,12,13). The van der Waals surface area contributed by atoms with Gasteiger partial charge in [0.05, 0.1) is 5.60 Å². The number of hydrogen-bond donors (Lipinski definition) is 2. The van der Waals surface area contributed by atoms with Gasteiger partial charge in [-0.1, -0.05) is 0 Å². The number of hydrogen-bond acceptors (Lipinski definition) is 5. The molecule has 0 aromatic carbocycles. The Balaban J connectivity index is 2.66. The van der Waals surface area contributed by atoms with E-state index < -0.39 is 5.60 Å². The van der Waals surface area contributed by atoms with E-state index in [4.69, 9.17) is 0 Å². The number of aliphatic hydroxyl groups is 1.